The molecular weight excluding hydrogens is 385 g/mol. The predicted molar refractivity (Wildman–Crippen MR) is 111 cm³/mol. The second-order valence-corrected chi connectivity index (χ2v) is 6.54. The fourth-order valence-corrected chi connectivity index (χ4v) is 3.05. The average Bonchev–Trinajstić information content (AvgIpc) is 3.28. The van der Waals surface area contributed by atoms with Gasteiger partial charge in [0.1, 0.15) is 23.4 Å². The molecule has 7 heteroatoms. The Kier molecular flexibility index (Phi) is 5.61. The molecule has 0 fully saturated rings. The standard InChI is InChI=1S/C23H20FN3O3/c1-28-19-12-18(13-20(14-19)29-2)25-21(15-8-10-17(24)11-9-15)23-27-26-22(30-23)16-6-4-3-5-7-16/h3-14,21,25H,1-2H3. The molecule has 1 N–H and O–H groups in total. The molecule has 1 heterocycles. The average molecular weight is 405 g/mol. The summed E-state index contributed by atoms with van der Waals surface area (Å²) in [4.78, 5) is 0. The maximum Gasteiger partial charge on any atom is 0.247 e. The molecule has 3 aromatic carbocycles. The number of nitrogens with zero attached hydrogens (tertiary/aromatic N) is 2. The Hall–Kier alpha value is -3.87. The second kappa shape index (κ2) is 8.65. The minimum Gasteiger partial charge on any atom is -0.497 e. The Bertz CT molecular complexity index is 1090. The number of halogens is 1. The number of ether oxygens (including phenoxy) is 2. The SMILES string of the molecule is COc1cc(NC(c2ccc(F)cc2)c2nnc(-c3ccccc3)o2)cc(OC)c1. The zero-order chi connectivity index (χ0) is 20.9. The zero-order valence-electron chi connectivity index (χ0n) is 16.5. The van der Waals surface area contributed by atoms with Crippen molar-refractivity contribution in [3.63, 3.8) is 0 Å². The molecule has 0 spiro atoms. The van der Waals surface area contributed by atoms with E-state index in [-0.39, 0.29) is 5.82 Å². The van der Waals surface area contributed by atoms with Gasteiger partial charge in [-0.25, -0.2) is 4.39 Å². The van der Waals surface area contributed by atoms with Crippen molar-refractivity contribution < 1.29 is 18.3 Å². The summed E-state index contributed by atoms with van der Waals surface area (Å²) in [7, 11) is 3.17. The van der Waals surface area contributed by atoms with Gasteiger partial charge in [-0.1, -0.05) is 30.3 Å². The summed E-state index contributed by atoms with van der Waals surface area (Å²) >= 11 is 0. The molecule has 4 aromatic rings. The van der Waals surface area contributed by atoms with Gasteiger partial charge in [0.15, 0.2) is 0 Å². The first-order chi connectivity index (χ1) is 14.7. The lowest BCUT2D eigenvalue weighted by atomic mass is 10.1. The highest BCUT2D eigenvalue weighted by molar-refractivity contribution is 5.56. The third kappa shape index (κ3) is 4.25. The normalized spacial score (nSPS) is 11.7. The van der Waals surface area contributed by atoms with E-state index < -0.39 is 6.04 Å². The number of hydrogen-bond acceptors (Lipinski definition) is 6. The lowest BCUT2D eigenvalue weighted by Gasteiger charge is -2.18. The van der Waals surface area contributed by atoms with Gasteiger partial charge in [0.05, 0.1) is 14.2 Å². The molecule has 1 atom stereocenters. The van der Waals surface area contributed by atoms with E-state index in [4.69, 9.17) is 13.9 Å². The van der Waals surface area contributed by atoms with E-state index in [1.54, 1.807) is 32.4 Å². The smallest absolute Gasteiger partial charge is 0.247 e. The van der Waals surface area contributed by atoms with Crippen LogP contribution in [0.4, 0.5) is 10.1 Å². The van der Waals surface area contributed by atoms with Crippen LogP contribution in [0.1, 0.15) is 17.5 Å². The number of aromatic nitrogens is 2. The summed E-state index contributed by atoms with van der Waals surface area (Å²) in [5, 5.41) is 11.8. The number of nitrogens with one attached hydrogen (secondary N) is 1. The van der Waals surface area contributed by atoms with Crippen molar-refractivity contribution in [2.24, 2.45) is 0 Å². The molecule has 0 amide bonds. The second-order valence-electron chi connectivity index (χ2n) is 6.54. The molecule has 1 aromatic heterocycles. The fraction of sp³-hybridized carbons (Fsp3) is 0.130. The van der Waals surface area contributed by atoms with Crippen molar-refractivity contribution in [2.75, 3.05) is 19.5 Å². The van der Waals surface area contributed by atoms with Crippen molar-refractivity contribution in [3.8, 4) is 23.0 Å². The van der Waals surface area contributed by atoms with Crippen LogP contribution in [0.15, 0.2) is 77.2 Å². The number of hydrogen-bond donors (Lipinski definition) is 1. The van der Waals surface area contributed by atoms with E-state index in [0.717, 1.165) is 16.8 Å². The van der Waals surface area contributed by atoms with Crippen molar-refractivity contribution in [1.82, 2.24) is 10.2 Å². The molecule has 152 valence electrons. The van der Waals surface area contributed by atoms with Crippen molar-refractivity contribution in [3.05, 3.63) is 90.1 Å². The van der Waals surface area contributed by atoms with Crippen molar-refractivity contribution >= 4 is 5.69 Å². The maximum atomic E-state index is 13.5. The summed E-state index contributed by atoms with van der Waals surface area (Å²) in [6.45, 7) is 0. The van der Waals surface area contributed by atoms with Gasteiger partial charge in [-0.15, -0.1) is 10.2 Å². The van der Waals surface area contributed by atoms with Crippen molar-refractivity contribution in [2.45, 2.75) is 6.04 Å². The number of methoxy groups -OCH3 is 2. The highest BCUT2D eigenvalue weighted by atomic mass is 19.1. The van der Waals surface area contributed by atoms with E-state index >= 15 is 0 Å². The summed E-state index contributed by atoms with van der Waals surface area (Å²) < 4.78 is 30.2. The van der Waals surface area contributed by atoms with Crippen LogP contribution in [0.5, 0.6) is 11.5 Å². The number of rotatable bonds is 7. The zero-order valence-corrected chi connectivity index (χ0v) is 16.5. The Morgan fingerprint density at radius 1 is 0.867 bits per heavy atom. The molecular formula is C23H20FN3O3. The van der Waals surface area contributed by atoms with E-state index in [1.807, 2.05) is 42.5 Å². The highest BCUT2D eigenvalue weighted by Gasteiger charge is 2.22. The first-order valence-corrected chi connectivity index (χ1v) is 9.30. The van der Waals surface area contributed by atoms with Gasteiger partial charge in [-0.05, 0) is 29.8 Å². The van der Waals surface area contributed by atoms with Gasteiger partial charge < -0.3 is 19.2 Å². The summed E-state index contributed by atoms with van der Waals surface area (Å²) in [6, 6.07) is 20.6. The van der Waals surface area contributed by atoms with Gasteiger partial charge in [-0.3, -0.25) is 0 Å². The Morgan fingerprint density at radius 2 is 1.53 bits per heavy atom. The molecule has 0 aliphatic heterocycles. The molecule has 4 rings (SSSR count). The lowest BCUT2D eigenvalue weighted by molar-refractivity contribution is 0.394. The van der Waals surface area contributed by atoms with Crippen molar-refractivity contribution in [1.29, 1.82) is 0 Å². The van der Waals surface area contributed by atoms with E-state index in [0.29, 0.717) is 23.3 Å². The van der Waals surface area contributed by atoms with E-state index in [1.165, 1.54) is 12.1 Å². The van der Waals surface area contributed by atoms with Gasteiger partial charge in [-0.2, -0.15) is 0 Å². The molecule has 0 radical (unpaired) electrons. The lowest BCUT2D eigenvalue weighted by Crippen LogP contribution is -2.13. The monoisotopic (exact) mass is 405 g/mol. The topological polar surface area (TPSA) is 69.4 Å². The molecule has 0 saturated carbocycles. The number of anilines is 1. The van der Waals surface area contributed by atoms with Gasteiger partial charge >= 0.3 is 0 Å². The van der Waals surface area contributed by atoms with Crippen LogP contribution >= 0.6 is 0 Å². The molecule has 0 aliphatic rings. The first-order valence-electron chi connectivity index (χ1n) is 9.30. The minimum atomic E-state index is -0.507. The van der Waals surface area contributed by atoms with Crippen LogP contribution in [-0.2, 0) is 0 Å². The third-order valence-corrected chi connectivity index (χ3v) is 4.57. The minimum absolute atomic E-state index is 0.323. The summed E-state index contributed by atoms with van der Waals surface area (Å²) in [6.07, 6.45) is 0. The quantitative estimate of drug-likeness (QED) is 0.462. The largest absolute Gasteiger partial charge is 0.497 e. The third-order valence-electron chi connectivity index (χ3n) is 4.57. The van der Waals surface area contributed by atoms with Crippen LogP contribution in [0.3, 0.4) is 0 Å². The fourth-order valence-electron chi connectivity index (χ4n) is 3.05. The summed E-state index contributed by atoms with van der Waals surface area (Å²) in [5.74, 6) is 1.69. The molecule has 0 saturated heterocycles. The van der Waals surface area contributed by atoms with Crippen LogP contribution in [0.25, 0.3) is 11.5 Å². The molecule has 1 unspecified atom stereocenters. The van der Waals surface area contributed by atoms with Gasteiger partial charge in [0.25, 0.3) is 0 Å². The summed E-state index contributed by atoms with van der Waals surface area (Å²) in [5.41, 5.74) is 2.30. The molecule has 6 nitrogen and oxygen atoms in total. The number of benzene rings is 3. The maximum absolute atomic E-state index is 13.5. The van der Waals surface area contributed by atoms with Crippen LogP contribution in [0.2, 0.25) is 0 Å². The predicted octanol–water partition coefficient (Wildman–Crippen LogP) is 5.09. The Balaban J connectivity index is 1.73. The van der Waals surface area contributed by atoms with Gasteiger partial charge in [0.2, 0.25) is 11.8 Å². The van der Waals surface area contributed by atoms with E-state index in [9.17, 15) is 4.39 Å². The highest BCUT2D eigenvalue weighted by Crippen LogP contribution is 2.32. The van der Waals surface area contributed by atoms with E-state index in [2.05, 4.69) is 15.5 Å². The molecule has 0 aliphatic carbocycles. The van der Waals surface area contributed by atoms with Crippen LogP contribution in [-0.4, -0.2) is 24.4 Å². The molecule has 30 heavy (non-hydrogen) atoms. The van der Waals surface area contributed by atoms with Gasteiger partial charge in [0, 0.05) is 29.4 Å². The first kappa shape index (κ1) is 19.4. The Morgan fingerprint density at radius 3 is 2.17 bits per heavy atom. The molecule has 0 bridgehead atoms. The Labute approximate surface area is 173 Å². The van der Waals surface area contributed by atoms with Crippen LogP contribution < -0.4 is 14.8 Å². The van der Waals surface area contributed by atoms with Crippen LogP contribution in [0, 0.1) is 5.82 Å².